The van der Waals surface area contributed by atoms with Gasteiger partial charge in [0, 0.05) is 30.2 Å². The first-order valence-corrected chi connectivity index (χ1v) is 6.78. The maximum atomic E-state index is 10.7. The van der Waals surface area contributed by atoms with Crippen LogP contribution in [0.4, 0.5) is 17.1 Å². The lowest BCUT2D eigenvalue weighted by molar-refractivity contribution is -0.384. The van der Waals surface area contributed by atoms with E-state index in [1.54, 1.807) is 6.07 Å². The number of nitro benzene ring substituents is 1. The molecule has 0 aliphatic heterocycles. The summed E-state index contributed by atoms with van der Waals surface area (Å²) in [6.45, 7) is 7.00. The molecule has 110 valence electrons. The second-order valence-corrected chi connectivity index (χ2v) is 5.73. The number of nitrogens with two attached hydrogens (primary N) is 1. The van der Waals surface area contributed by atoms with Crippen molar-refractivity contribution < 1.29 is 9.66 Å². The second-order valence-electron chi connectivity index (χ2n) is 5.73. The fourth-order valence-corrected chi connectivity index (χ4v) is 2.60. The lowest BCUT2D eigenvalue weighted by atomic mass is 9.64. The van der Waals surface area contributed by atoms with Gasteiger partial charge in [-0.25, -0.2) is 0 Å². The van der Waals surface area contributed by atoms with E-state index in [2.05, 4.69) is 19.2 Å². The zero-order valence-corrected chi connectivity index (χ0v) is 12.1. The summed E-state index contributed by atoms with van der Waals surface area (Å²) in [5.74, 6) is 0. The van der Waals surface area contributed by atoms with Crippen molar-refractivity contribution in [2.24, 2.45) is 5.41 Å². The van der Waals surface area contributed by atoms with Gasteiger partial charge >= 0.3 is 0 Å². The summed E-state index contributed by atoms with van der Waals surface area (Å²) < 4.78 is 5.68. The molecular formula is C14H21N3O3. The van der Waals surface area contributed by atoms with Crippen LogP contribution in [0.25, 0.3) is 0 Å². The van der Waals surface area contributed by atoms with E-state index in [-0.39, 0.29) is 23.2 Å². The molecule has 2 unspecified atom stereocenters. The summed E-state index contributed by atoms with van der Waals surface area (Å²) in [4.78, 5) is 10.2. The molecule has 1 fully saturated rings. The highest BCUT2D eigenvalue weighted by molar-refractivity contribution is 5.70. The summed E-state index contributed by atoms with van der Waals surface area (Å²) in [5, 5.41) is 14.0. The van der Waals surface area contributed by atoms with Gasteiger partial charge in [-0.3, -0.25) is 10.1 Å². The molecule has 3 N–H and O–H groups in total. The van der Waals surface area contributed by atoms with E-state index in [4.69, 9.17) is 10.5 Å². The summed E-state index contributed by atoms with van der Waals surface area (Å²) in [7, 11) is 0. The van der Waals surface area contributed by atoms with Crippen LogP contribution in [0, 0.1) is 15.5 Å². The van der Waals surface area contributed by atoms with Crippen LogP contribution in [0.5, 0.6) is 0 Å². The number of nitrogen functional groups attached to an aromatic ring is 1. The number of nitrogens with one attached hydrogen (secondary N) is 1. The normalized spacial score (nSPS) is 23.9. The van der Waals surface area contributed by atoms with Crippen LogP contribution in [0.1, 0.15) is 27.2 Å². The zero-order chi connectivity index (χ0) is 14.9. The number of ether oxygens (including phenoxy) is 1. The van der Waals surface area contributed by atoms with Gasteiger partial charge in [0.2, 0.25) is 0 Å². The van der Waals surface area contributed by atoms with Gasteiger partial charge in [-0.05, 0) is 19.4 Å². The third-order valence-electron chi connectivity index (χ3n) is 4.12. The van der Waals surface area contributed by atoms with Gasteiger partial charge in [0.05, 0.1) is 22.4 Å². The number of rotatable bonds is 5. The van der Waals surface area contributed by atoms with E-state index in [0.29, 0.717) is 12.3 Å². The van der Waals surface area contributed by atoms with E-state index in [1.807, 2.05) is 6.92 Å². The first-order valence-electron chi connectivity index (χ1n) is 6.78. The first kappa shape index (κ1) is 14.6. The number of benzene rings is 1. The summed E-state index contributed by atoms with van der Waals surface area (Å²) in [6, 6.07) is 4.76. The highest BCUT2D eigenvalue weighted by Gasteiger charge is 2.49. The van der Waals surface area contributed by atoms with E-state index >= 15 is 0 Å². The fourth-order valence-electron chi connectivity index (χ4n) is 2.60. The quantitative estimate of drug-likeness (QED) is 0.491. The molecule has 0 saturated heterocycles. The predicted molar refractivity (Wildman–Crippen MR) is 78.7 cm³/mol. The molecule has 0 bridgehead atoms. The van der Waals surface area contributed by atoms with Crippen LogP contribution in [-0.4, -0.2) is 23.7 Å². The molecule has 20 heavy (non-hydrogen) atoms. The van der Waals surface area contributed by atoms with E-state index < -0.39 is 4.92 Å². The van der Waals surface area contributed by atoms with Crippen molar-refractivity contribution in [1.29, 1.82) is 0 Å². The molecule has 1 aliphatic carbocycles. The smallest absolute Gasteiger partial charge is 0.271 e. The van der Waals surface area contributed by atoms with Crippen LogP contribution in [0.3, 0.4) is 0 Å². The molecule has 2 rings (SSSR count). The van der Waals surface area contributed by atoms with Crippen molar-refractivity contribution in [3.63, 3.8) is 0 Å². The monoisotopic (exact) mass is 279 g/mol. The Hall–Kier alpha value is -1.82. The maximum absolute atomic E-state index is 10.7. The molecule has 2 atom stereocenters. The van der Waals surface area contributed by atoms with Gasteiger partial charge < -0.3 is 15.8 Å². The molecule has 1 aromatic rings. The number of non-ortho nitro benzene ring substituents is 1. The van der Waals surface area contributed by atoms with Gasteiger partial charge in [-0.1, -0.05) is 13.8 Å². The summed E-state index contributed by atoms with van der Waals surface area (Å²) in [5.41, 5.74) is 7.03. The van der Waals surface area contributed by atoms with Crippen molar-refractivity contribution in [1.82, 2.24) is 0 Å². The average Bonchev–Trinajstić information content (AvgIpc) is 2.39. The lowest BCUT2D eigenvalue weighted by Crippen LogP contribution is -2.58. The average molecular weight is 279 g/mol. The minimum Gasteiger partial charge on any atom is -0.397 e. The van der Waals surface area contributed by atoms with Gasteiger partial charge in [0.1, 0.15) is 0 Å². The number of nitrogens with zero attached hydrogens (tertiary/aromatic N) is 1. The maximum Gasteiger partial charge on any atom is 0.271 e. The molecular weight excluding hydrogens is 258 g/mol. The van der Waals surface area contributed by atoms with Crippen molar-refractivity contribution in [2.45, 2.75) is 39.3 Å². The largest absolute Gasteiger partial charge is 0.397 e. The Morgan fingerprint density at radius 2 is 2.25 bits per heavy atom. The minimum atomic E-state index is -0.446. The molecule has 1 aromatic carbocycles. The van der Waals surface area contributed by atoms with Crippen molar-refractivity contribution >= 4 is 17.1 Å². The zero-order valence-electron chi connectivity index (χ0n) is 12.1. The Morgan fingerprint density at radius 1 is 1.55 bits per heavy atom. The SMILES string of the molecule is CCOC1CC(Nc2ccc([N+](=O)[O-])cc2N)C1(C)C. The highest BCUT2D eigenvalue weighted by Crippen LogP contribution is 2.45. The highest BCUT2D eigenvalue weighted by atomic mass is 16.6. The molecule has 6 nitrogen and oxygen atoms in total. The van der Waals surface area contributed by atoms with Gasteiger partial charge in [-0.15, -0.1) is 0 Å². The second kappa shape index (κ2) is 5.28. The Bertz CT molecular complexity index is 516. The lowest BCUT2D eigenvalue weighted by Gasteiger charge is -2.52. The van der Waals surface area contributed by atoms with Gasteiger partial charge in [0.25, 0.3) is 5.69 Å². The number of hydrogen-bond acceptors (Lipinski definition) is 5. The molecule has 6 heteroatoms. The standard InChI is InChI=1S/C14H21N3O3/c1-4-20-13-8-12(14(13,2)3)16-11-6-5-9(17(18)19)7-10(11)15/h5-7,12-13,16H,4,8,15H2,1-3H3. The fraction of sp³-hybridized carbons (Fsp3) is 0.571. The number of nitro groups is 1. The van der Waals surface area contributed by atoms with Gasteiger partial charge in [-0.2, -0.15) is 0 Å². The Balaban J connectivity index is 2.07. The predicted octanol–water partition coefficient (Wildman–Crippen LogP) is 2.79. The van der Waals surface area contributed by atoms with Gasteiger partial charge in [0.15, 0.2) is 0 Å². The topological polar surface area (TPSA) is 90.4 Å². The van der Waals surface area contributed by atoms with Crippen molar-refractivity contribution in [3.05, 3.63) is 28.3 Å². The van der Waals surface area contributed by atoms with Crippen LogP contribution in [-0.2, 0) is 4.74 Å². The molecule has 0 amide bonds. The van der Waals surface area contributed by atoms with E-state index in [9.17, 15) is 10.1 Å². The molecule has 1 aliphatic rings. The molecule has 0 spiro atoms. The van der Waals surface area contributed by atoms with E-state index in [0.717, 1.165) is 12.1 Å². The van der Waals surface area contributed by atoms with Crippen molar-refractivity contribution in [2.75, 3.05) is 17.7 Å². The van der Waals surface area contributed by atoms with Crippen LogP contribution in [0.2, 0.25) is 0 Å². The van der Waals surface area contributed by atoms with E-state index in [1.165, 1.54) is 12.1 Å². The molecule has 0 aromatic heterocycles. The third-order valence-corrected chi connectivity index (χ3v) is 4.12. The Kier molecular flexibility index (Phi) is 3.85. The first-order chi connectivity index (χ1) is 9.36. The number of hydrogen-bond donors (Lipinski definition) is 2. The summed E-state index contributed by atoms with van der Waals surface area (Å²) >= 11 is 0. The minimum absolute atomic E-state index is 0.00751. The third kappa shape index (κ3) is 2.56. The Morgan fingerprint density at radius 3 is 2.75 bits per heavy atom. The molecule has 1 saturated carbocycles. The van der Waals surface area contributed by atoms with Crippen molar-refractivity contribution in [3.8, 4) is 0 Å². The van der Waals surface area contributed by atoms with Crippen LogP contribution < -0.4 is 11.1 Å². The van der Waals surface area contributed by atoms with Crippen LogP contribution >= 0.6 is 0 Å². The summed E-state index contributed by atoms with van der Waals surface area (Å²) in [6.07, 6.45) is 1.15. The molecule has 0 heterocycles. The number of anilines is 2. The molecule has 0 radical (unpaired) electrons. The Labute approximate surface area is 118 Å². The van der Waals surface area contributed by atoms with Crippen LogP contribution in [0.15, 0.2) is 18.2 Å².